The highest BCUT2D eigenvalue weighted by molar-refractivity contribution is 5.94. The Morgan fingerprint density at radius 2 is 1.78 bits per heavy atom. The third kappa shape index (κ3) is 5.23. The number of hydrogen-bond acceptors (Lipinski definition) is 5. The van der Waals surface area contributed by atoms with E-state index in [0.717, 1.165) is 18.4 Å². The molecule has 1 aliphatic rings. The minimum absolute atomic E-state index is 0.148. The van der Waals surface area contributed by atoms with Gasteiger partial charge in [-0.15, -0.1) is 0 Å². The van der Waals surface area contributed by atoms with Gasteiger partial charge in [-0.05, 0) is 48.4 Å². The van der Waals surface area contributed by atoms with Crippen LogP contribution in [-0.4, -0.2) is 31.7 Å². The van der Waals surface area contributed by atoms with E-state index in [9.17, 15) is 9.59 Å². The third-order valence-corrected chi connectivity index (χ3v) is 4.11. The lowest BCUT2D eigenvalue weighted by atomic mass is 10.1. The molecule has 0 saturated heterocycles. The van der Waals surface area contributed by atoms with Crippen molar-refractivity contribution in [2.45, 2.75) is 26.2 Å². The fourth-order valence-corrected chi connectivity index (χ4v) is 2.67. The summed E-state index contributed by atoms with van der Waals surface area (Å²) in [5.74, 6) is 0.867. The molecule has 1 amide bonds. The highest BCUT2D eigenvalue weighted by atomic mass is 16.6. The number of unbranched alkanes of at least 4 members (excludes halogenated alkanes) is 1. The van der Waals surface area contributed by atoms with Crippen molar-refractivity contribution in [3.05, 3.63) is 53.6 Å². The molecule has 0 aromatic heterocycles. The molecule has 0 radical (unpaired) electrons. The summed E-state index contributed by atoms with van der Waals surface area (Å²) in [6.07, 6.45) is 2.04. The van der Waals surface area contributed by atoms with Crippen LogP contribution in [0.15, 0.2) is 42.5 Å². The van der Waals surface area contributed by atoms with Gasteiger partial charge in [-0.2, -0.15) is 0 Å². The van der Waals surface area contributed by atoms with Crippen molar-refractivity contribution in [2.75, 3.05) is 25.1 Å². The summed E-state index contributed by atoms with van der Waals surface area (Å²) < 4.78 is 16.2. The molecule has 0 atom stereocenters. The van der Waals surface area contributed by atoms with Crippen molar-refractivity contribution >= 4 is 17.6 Å². The van der Waals surface area contributed by atoms with Crippen LogP contribution in [0.4, 0.5) is 5.69 Å². The van der Waals surface area contributed by atoms with Crippen LogP contribution < -0.4 is 14.8 Å². The maximum absolute atomic E-state index is 12.3. The van der Waals surface area contributed by atoms with Gasteiger partial charge in [-0.3, -0.25) is 4.79 Å². The summed E-state index contributed by atoms with van der Waals surface area (Å²) in [5, 5.41) is 2.83. The number of ether oxygens (including phenoxy) is 3. The van der Waals surface area contributed by atoms with Crippen LogP contribution in [0.2, 0.25) is 0 Å². The van der Waals surface area contributed by atoms with E-state index in [-0.39, 0.29) is 18.3 Å². The Kier molecular flexibility index (Phi) is 6.30. The summed E-state index contributed by atoms with van der Waals surface area (Å²) in [4.78, 5) is 24.1. The monoisotopic (exact) mass is 369 g/mol. The second-order valence-corrected chi connectivity index (χ2v) is 6.27. The topological polar surface area (TPSA) is 73.9 Å². The Bertz CT molecular complexity index is 801. The van der Waals surface area contributed by atoms with E-state index in [1.54, 1.807) is 24.3 Å². The molecule has 0 unspecified atom stereocenters. The molecular formula is C21H23NO5. The molecule has 6 heteroatoms. The smallest absolute Gasteiger partial charge is 0.338 e. The Morgan fingerprint density at radius 3 is 2.52 bits per heavy atom. The quantitative estimate of drug-likeness (QED) is 0.596. The summed E-state index contributed by atoms with van der Waals surface area (Å²) >= 11 is 0. The predicted octanol–water partition coefficient (Wildman–Crippen LogP) is 3.60. The Hall–Kier alpha value is -3.02. The van der Waals surface area contributed by atoms with Gasteiger partial charge in [0.25, 0.3) is 0 Å². The van der Waals surface area contributed by atoms with Crippen LogP contribution in [0.5, 0.6) is 11.5 Å². The standard InChI is InChI=1S/C21H23NO5/c1-2-3-10-27-21(24)16-5-7-17(8-6-16)22-20(23)14-15-4-9-18-19(13-15)26-12-11-25-18/h4-9,13H,2-3,10-12,14H2,1H3,(H,22,23). The van der Waals surface area contributed by atoms with Crippen molar-refractivity contribution in [3.8, 4) is 11.5 Å². The number of carbonyl (C=O) groups is 2. The van der Waals surface area contributed by atoms with Gasteiger partial charge in [0.15, 0.2) is 11.5 Å². The predicted molar refractivity (Wildman–Crippen MR) is 101 cm³/mol. The average molecular weight is 369 g/mol. The van der Waals surface area contributed by atoms with Crippen molar-refractivity contribution in [1.82, 2.24) is 0 Å². The largest absolute Gasteiger partial charge is 0.486 e. The Balaban J connectivity index is 1.54. The zero-order valence-electron chi connectivity index (χ0n) is 15.3. The van der Waals surface area contributed by atoms with Gasteiger partial charge in [0.1, 0.15) is 13.2 Å². The van der Waals surface area contributed by atoms with Gasteiger partial charge >= 0.3 is 5.97 Å². The molecule has 1 N–H and O–H groups in total. The van der Waals surface area contributed by atoms with E-state index in [0.29, 0.717) is 42.6 Å². The van der Waals surface area contributed by atoms with E-state index in [1.807, 2.05) is 25.1 Å². The van der Waals surface area contributed by atoms with Crippen LogP contribution >= 0.6 is 0 Å². The third-order valence-electron chi connectivity index (χ3n) is 4.11. The summed E-state index contributed by atoms with van der Waals surface area (Å²) in [5.41, 5.74) is 1.94. The second-order valence-electron chi connectivity index (χ2n) is 6.27. The first-order valence-electron chi connectivity index (χ1n) is 9.11. The first kappa shape index (κ1) is 18.8. The molecule has 0 fully saturated rings. The van der Waals surface area contributed by atoms with E-state index in [1.165, 1.54) is 0 Å². The molecule has 27 heavy (non-hydrogen) atoms. The minimum atomic E-state index is -0.349. The van der Waals surface area contributed by atoms with Gasteiger partial charge in [-0.1, -0.05) is 19.4 Å². The number of esters is 1. The second kappa shape index (κ2) is 9.07. The van der Waals surface area contributed by atoms with Gasteiger partial charge < -0.3 is 19.5 Å². The number of fused-ring (bicyclic) bond motifs is 1. The molecule has 3 rings (SSSR count). The number of carbonyl (C=O) groups excluding carboxylic acids is 2. The van der Waals surface area contributed by atoms with Crippen LogP contribution in [0.1, 0.15) is 35.7 Å². The van der Waals surface area contributed by atoms with Crippen molar-refractivity contribution in [1.29, 1.82) is 0 Å². The fraction of sp³-hybridized carbons (Fsp3) is 0.333. The van der Waals surface area contributed by atoms with Crippen molar-refractivity contribution < 1.29 is 23.8 Å². The molecule has 0 bridgehead atoms. The van der Waals surface area contributed by atoms with Crippen LogP contribution in [0.25, 0.3) is 0 Å². The molecule has 0 saturated carbocycles. The minimum Gasteiger partial charge on any atom is -0.486 e. The first-order valence-corrected chi connectivity index (χ1v) is 9.11. The normalized spacial score (nSPS) is 12.3. The number of nitrogens with one attached hydrogen (secondary N) is 1. The Labute approximate surface area is 158 Å². The highest BCUT2D eigenvalue weighted by Crippen LogP contribution is 2.30. The molecule has 2 aromatic carbocycles. The van der Waals surface area contributed by atoms with E-state index in [4.69, 9.17) is 14.2 Å². The Morgan fingerprint density at radius 1 is 1.04 bits per heavy atom. The van der Waals surface area contributed by atoms with Crippen LogP contribution in [-0.2, 0) is 16.0 Å². The van der Waals surface area contributed by atoms with Crippen molar-refractivity contribution in [2.24, 2.45) is 0 Å². The zero-order chi connectivity index (χ0) is 19.1. The molecule has 0 aliphatic carbocycles. The number of hydrogen-bond donors (Lipinski definition) is 1. The number of amides is 1. The van der Waals surface area contributed by atoms with Gasteiger partial charge in [-0.25, -0.2) is 4.79 Å². The van der Waals surface area contributed by atoms with E-state index < -0.39 is 0 Å². The van der Waals surface area contributed by atoms with Gasteiger partial charge in [0.05, 0.1) is 18.6 Å². The summed E-state index contributed by atoms with van der Waals surface area (Å²) in [7, 11) is 0. The van der Waals surface area contributed by atoms with Gasteiger partial charge in [0.2, 0.25) is 5.91 Å². The maximum atomic E-state index is 12.3. The molecule has 2 aromatic rings. The lowest BCUT2D eigenvalue weighted by Gasteiger charge is -2.18. The SMILES string of the molecule is CCCCOC(=O)c1ccc(NC(=O)Cc2ccc3c(c2)OCCO3)cc1. The summed E-state index contributed by atoms with van der Waals surface area (Å²) in [6.45, 7) is 3.50. The van der Waals surface area contributed by atoms with E-state index in [2.05, 4.69) is 5.32 Å². The molecule has 142 valence electrons. The average Bonchev–Trinajstić information content (AvgIpc) is 2.68. The van der Waals surface area contributed by atoms with Crippen LogP contribution in [0.3, 0.4) is 0 Å². The highest BCUT2D eigenvalue weighted by Gasteiger charge is 2.13. The lowest BCUT2D eigenvalue weighted by molar-refractivity contribution is -0.115. The van der Waals surface area contributed by atoms with Crippen molar-refractivity contribution in [3.63, 3.8) is 0 Å². The molecule has 1 heterocycles. The zero-order valence-corrected chi connectivity index (χ0v) is 15.3. The van der Waals surface area contributed by atoms with Crippen LogP contribution in [0, 0.1) is 0 Å². The number of anilines is 1. The lowest BCUT2D eigenvalue weighted by Crippen LogP contribution is -2.17. The number of benzene rings is 2. The first-order chi connectivity index (χ1) is 13.2. The number of rotatable bonds is 7. The maximum Gasteiger partial charge on any atom is 0.338 e. The molecule has 0 spiro atoms. The molecular weight excluding hydrogens is 346 g/mol. The molecule has 6 nitrogen and oxygen atoms in total. The fourth-order valence-electron chi connectivity index (χ4n) is 2.67. The summed E-state index contributed by atoms with van der Waals surface area (Å²) in [6, 6.07) is 12.2. The van der Waals surface area contributed by atoms with Gasteiger partial charge in [0, 0.05) is 5.69 Å². The molecule has 1 aliphatic heterocycles. The van der Waals surface area contributed by atoms with E-state index >= 15 is 0 Å².